The summed E-state index contributed by atoms with van der Waals surface area (Å²) in [5.41, 5.74) is 10.6. The first-order valence-electron chi connectivity index (χ1n) is 8.23. The average molecular weight is 338 g/mol. The monoisotopic (exact) mass is 338 g/mol. The highest BCUT2D eigenvalue weighted by Crippen LogP contribution is 2.33. The second-order valence-electron chi connectivity index (χ2n) is 5.85. The molecule has 0 aliphatic rings. The van der Waals surface area contributed by atoms with Gasteiger partial charge < -0.3 is 10.3 Å². The number of hydrogen-bond acceptors (Lipinski definition) is 2. The summed E-state index contributed by atoms with van der Waals surface area (Å²) in [5, 5.41) is 2.10. The van der Waals surface area contributed by atoms with Crippen molar-refractivity contribution in [3.05, 3.63) is 69.7 Å². The molecular formula is C20H22N2OS. The second-order valence-corrected chi connectivity index (χ2v) is 6.88. The minimum absolute atomic E-state index is 0.351. The van der Waals surface area contributed by atoms with Gasteiger partial charge in [0, 0.05) is 28.4 Å². The third-order valence-electron chi connectivity index (χ3n) is 4.44. The standard InChI is InChI=1S/C20H22N2OS/c1-3-17-19(15-8-5-4-6-9-15)18(20(21)23)14(2)22(17)12-11-16-10-7-13-24-16/h4-10,13H,3,11-12H2,1-2H3,(H2,21,23). The van der Waals surface area contributed by atoms with E-state index in [0.29, 0.717) is 5.56 Å². The van der Waals surface area contributed by atoms with E-state index >= 15 is 0 Å². The van der Waals surface area contributed by atoms with Crippen LogP contribution >= 0.6 is 11.3 Å². The Morgan fingerprint density at radius 3 is 2.50 bits per heavy atom. The molecule has 0 saturated carbocycles. The summed E-state index contributed by atoms with van der Waals surface area (Å²) in [7, 11) is 0. The zero-order chi connectivity index (χ0) is 17.1. The molecule has 124 valence electrons. The third-order valence-corrected chi connectivity index (χ3v) is 5.37. The highest BCUT2D eigenvalue weighted by atomic mass is 32.1. The van der Waals surface area contributed by atoms with E-state index in [-0.39, 0.29) is 5.91 Å². The summed E-state index contributed by atoms with van der Waals surface area (Å²) >= 11 is 1.77. The molecule has 2 heterocycles. The van der Waals surface area contributed by atoms with Crippen molar-refractivity contribution in [3.8, 4) is 11.1 Å². The quantitative estimate of drug-likeness (QED) is 0.710. The first-order valence-corrected chi connectivity index (χ1v) is 9.11. The molecule has 4 heteroatoms. The van der Waals surface area contributed by atoms with Crippen LogP contribution in [0.1, 0.15) is 33.5 Å². The number of amides is 1. The molecule has 3 aromatic rings. The second kappa shape index (κ2) is 7.05. The lowest BCUT2D eigenvalue weighted by atomic mass is 9.99. The number of hydrogen-bond donors (Lipinski definition) is 1. The number of primary amides is 1. The molecule has 0 aliphatic carbocycles. The van der Waals surface area contributed by atoms with Gasteiger partial charge >= 0.3 is 0 Å². The summed E-state index contributed by atoms with van der Waals surface area (Å²) in [5.74, 6) is -0.351. The van der Waals surface area contributed by atoms with Crippen LogP contribution in [-0.4, -0.2) is 10.5 Å². The zero-order valence-electron chi connectivity index (χ0n) is 14.1. The number of aromatic nitrogens is 1. The molecule has 0 bridgehead atoms. The van der Waals surface area contributed by atoms with Gasteiger partial charge in [0.2, 0.25) is 0 Å². The molecule has 24 heavy (non-hydrogen) atoms. The van der Waals surface area contributed by atoms with Crippen molar-refractivity contribution < 1.29 is 4.79 Å². The Morgan fingerprint density at radius 1 is 1.17 bits per heavy atom. The van der Waals surface area contributed by atoms with E-state index in [2.05, 4.69) is 29.0 Å². The van der Waals surface area contributed by atoms with Gasteiger partial charge in [0.05, 0.1) is 5.56 Å². The molecule has 0 unspecified atom stereocenters. The maximum absolute atomic E-state index is 12.1. The van der Waals surface area contributed by atoms with Crippen molar-refractivity contribution in [1.29, 1.82) is 0 Å². The number of nitrogens with two attached hydrogens (primary N) is 1. The Kier molecular flexibility index (Phi) is 4.86. The summed E-state index contributed by atoms with van der Waals surface area (Å²) in [6.07, 6.45) is 1.83. The van der Waals surface area contributed by atoms with E-state index in [4.69, 9.17) is 5.73 Å². The van der Waals surface area contributed by atoms with Gasteiger partial charge in [0.1, 0.15) is 0 Å². The van der Waals surface area contributed by atoms with Crippen molar-refractivity contribution in [2.24, 2.45) is 5.73 Å². The molecule has 3 rings (SSSR count). The largest absolute Gasteiger partial charge is 0.366 e. The SMILES string of the molecule is CCc1c(-c2ccccc2)c(C(N)=O)c(C)n1CCc1cccs1. The molecule has 0 aliphatic heterocycles. The number of benzene rings is 1. The topological polar surface area (TPSA) is 48.0 Å². The van der Waals surface area contributed by atoms with Crippen molar-refractivity contribution in [1.82, 2.24) is 4.57 Å². The molecule has 0 atom stereocenters. The van der Waals surface area contributed by atoms with Gasteiger partial charge in [-0.3, -0.25) is 4.79 Å². The molecule has 2 N–H and O–H groups in total. The van der Waals surface area contributed by atoms with Crippen molar-refractivity contribution in [3.63, 3.8) is 0 Å². The van der Waals surface area contributed by atoms with Crippen molar-refractivity contribution in [2.45, 2.75) is 33.2 Å². The fourth-order valence-corrected chi connectivity index (χ4v) is 4.06. The fraction of sp³-hybridized carbons (Fsp3) is 0.250. The fourth-order valence-electron chi connectivity index (χ4n) is 3.36. The van der Waals surface area contributed by atoms with Crippen LogP contribution in [0.2, 0.25) is 0 Å². The number of carbonyl (C=O) groups is 1. The number of carbonyl (C=O) groups excluding carboxylic acids is 1. The Balaban J connectivity index is 2.10. The van der Waals surface area contributed by atoms with Crippen LogP contribution in [0.15, 0.2) is 47.8 Å². The van der Waals surface area contributed by atoms with E-state index in [1.807, 2.05) is 37.3 Å². The lowest BCUT2D eigenvalue weighted by Crippen LogP contribution is -2.13. The van der Waals surface area contributed by atoms with E-state index in [0.717, 1.165) is 36.2 Å². The normalized spacial score (nSPS) is 10.9. The van der Waals surface area contributed by atoms with Crippen molar-refractivity contribution in [2.75, 3.05) is 0 Å². The van der Waals surface area contributed by atoms with Crippen LogP contribution in [-0.2, 0) is 19.4 Å². The van der Waals surface area contributed by atoms with Crippen LogP contribution in [0.3, 0.4) is 0 Å². The maximum Gasteiger partial charge on any atom is 0.251 e. The van der Waals surface area contributed by atoms with Gasteiger partial charge in [-0.05, 0) is 36.8 Å². The lowest BCUT2D eigenvalue weighted by molar-refractivity contribution is 0.1000. The summed E-state index contributed by atoms with van der Waals surface area (Å²) in [6, 6.07) is 14.3. The Bertz CT molecular complexity index is 832. The summed E-state index contributed by atoms with van der Waals surface area (Å²) in [4.78, 5) is 13.5. The van der Waals surface area contributed by atoms with Crippen LogP contribution in [0.25, 0.3) is 11.1 Å². The predicted molar refractivity (Wildman–Crippen MR) is 101 cm³/mol. The minimum atomic E-state index is -0.351. The highest BCUT2D eigenvalue weighted by Gasteiger charge is 2.23. The number of nitrogens with zero attached hydrogens (tertiary/aromatic N) is 1. The van der Waals surface area contributed by atoms with Gasteiger partial charge in [-0.1, -0.05) is 43.3 Å². The first-order chi connectivity index (χ1) is 11.6. The van der Waals surface area contributed by atoms with E-state index in [9.17, 15) is 4.79 Å². The van der Waals surface area contributed by atoms with Crippen LogP contribution in [0.5, 0.6) is 0 Å². The Morgan fingerprint density at radius 2 is 1.92 bits per heavy atom. The molecule has 0 spiro atoms. The number of thiophene rings is 1. The van der Waals surface area contributed by atoms with Crippen LogP contribution in [0, 0.1) is 6.92 Å². The van der Waals surface area contributed by atoms with Gasteiger partial charge in [-0.25, -0.2) is 0 Å². The van der Waals surface area contributed by atoms with Crippen molar-refractivity contribution >= 4 is 17.2 Å². The Labute approximate surface area is 146 Å². The smallest absolute Gasteiger partial charge is 0.251 e. The molecule has 0 fully saturated rings. The molecule has 1 aromatic carbocycles. The molecule has 0 saturated heterocycles. The van der Waals surface area contributed by atoms with Crippen LogP contribution in [0.4, 0.5) is 0 Å². The van der Waals surface area contributed by atoms with E-state index in [1.165, 1.54) is 10.6 Å². The summed E-state index contributed by atoms with van der Waals surface area (Å²) in [6.45, 7) is 5.00. The predicted octanol–water partition coefficient (Wildman–Crippen LogP) is 4.43. The Hall–Kier alpha value is -2.33. The first kappa shape index (κ1) is 16.5. The summed E-state index contributed by atoms with van der Waals surface area (Å²) < 4.78 is 2.27. The number of rotatable bonds is 6. The maximum atomic E-state index is 12.1. The third kappa shape index (κ3) is 3.02. The van der Waals surface area contributed by atoms with Gasteiger partial charge in [0.15, 0.2) is 0 Å². The lowest BCUT2D eigenvalue weighted by Gasteiger charge is -2.11. The molecule has 0 radical (unpaired) electrons. The molecular weight excluding hydrogens is 316 g/mol. The molecule has 2 aromatic heterocycles. The average Bonchev–Trinajstić information content (AvgIpc) is 3.19. The van der Waals surface area contributed by atoms with Gasteiger partial charge in [-0.2, -0.15) is 0 Å². The van der Waals surface area contributed by atoms with E-state index in [1.54, 1.807) is 11.3 Å². The minimum Gasteiger partial charge on any atom is -0.366 e. The van der Waals surface area contributed by atoms with Gasteiger partial charge in [-0.15, -0.1) is 11.3 Å². The molecule has 3 nitrogen and oxygen atoms in total. The van der Waals surface area contributed by atoms with Crippen LogP contribution < -0.4 is 5.73 Å². The van der Waals surface area contributed by atoms with E-state index < -0.39 is 0 Å². The number of aryl methyl sites for hydroxylation is 1. The zero-order valence-corrected chi connectivity index (χ0v) is 14.9. The van der Waals surface area contributed by atoms with Gasteiger partial charge in [0.25, 0.3) is 5.91 Å². The highest BCUT2D eigenvalue weighted by molar-refractivity contribution is 7.09. The molecule has 1 amide bonds.